The predicted octanol–water partition coefficient (Wildman–Crippen LogP) is 5.09. The summed E-state index contributed by atoms with van der Waals surface area (Å²) < 4.78 is 1.68. The minimum atomic E-state index is -1.05. The number of nitrogens with one attached hydrogen (secondary N) is 1. The number of hydrogen-bond donors (Lipinski definition) is 2. The van der Waals surface area contributed by atoms with Gasteiger partial charge >= 0.3 is 5.97 Å². The van der Waals surface area contributed by atoms with E-state index in [4.69, 9.17) is 11.6 Å². The molecule has 0 bridgehead atoms. The van der Waals surface area contributed by atoms with Gasteiger partial charge < -0.3 is 10.4 Å². The molecular formula is C22H24ClN3O2. The predicted molar refractivity (Wildman–Crippen MR) is 112 cm³/mol. The Morgan fingerprint density at radius 3 is 2.25 bits per heavy atom. The summed E-state index contributed by atoms with van der Waals surface area (Å²) in [7, 11) is 0. The molecule has 0 atom stereocenters. The molecule has 0 aliphatic carbocycles. The summed E-state index contributed by atoms with van der Waals surface area (Å²) in [6.45, 7) is 8.54. The number of benzene rings is 2. The number of hydrogen-bond acceptors (Lipinski definition) is 3. The molecule has 1 heterocycles. The molecule has 1 aromatic heterocycles. The number of aromatic nitrogens is 2. The van der Waals surface area contributed by atoms with Crippen molar-refractivity contribution in [3.63, 3.8) is 0 Å². The molecule has 0 amide bonds. The Bertz CT molecular complexity index is 984. The number of carboxylic acid groups (broad SMARTS) is 1. The molecule has 2 N–H and O–H groups in total. The number of carbonyl (C=O) groups is 1. The fraction of sp³-hybridized carbons (Fsp3) is 0.273. The van der Waals surface area contributed by atoms with Crippen LogP contribution in [-0.2, 0) is 6.54 Å². The van der Waals surface area contributed by atoms with Gasteiger partial charge in [-0.3, -0.25) is 0 Å². The van der Waals surface area contributed by atoms with Crippen LogP contribution in [0.4, 0.5) is 0 Å². The average molecular weight is 398 g/mol. The van der Waals surface area contributed by atoms with Crippen LogP contribution in [0.25, 0.3) is 16.9 Å². The van der Waals surface area contributed by atoms with Crippen molar-refractivity contribution in [3.8, 4) is 16.9 Å². The first kappa shape index (κ1) is 20.1. The molecule has 0 fully saturated rings. The summed E-state index contributed by atoms with van der Waals surface area (Å²) in [4.78, 5) is 12.0. The Morgan fingerprint density at radius 2 is 1.71 bits per heavy atom. The summed E-state index contributed by atoms with van der Waals surface area (Å²) in [6.07, 6.45) is 0. The maximum absolute atomic E-state index is 12.0. The number of carboxylic acids is 1. The quantitative estimate of drug-likeness (QED) is 0.629. The summed E-state index contributed by atoms with van der Waals surface area (Å²) in [5.41, 5.74) is 4.09. The normalized spacial score (nSPS) is 11.6. The van der Waals surface area contributed by atoms with E-state index in [1.165, 1.54) is 0 Å². The van der Waals surface area contributed by atoms with E-state index in [2.05, 4.69) is 10.4 Å². The Kier molecular flexibility index (Phi) is 5.59. The zero-order valence-electron chi connectivity index (χ0n) is 16.5. The zero-order chi connectivity index (χ0) is 20.5. The van der Waals surface area contributed by atoms with Gasteiger partial charge in [0, 0.05) is 28.2 Å². The van der Waals surface area contributed by atoms with Crippen LogP contribution in [0.3, 0.4) is 0 Å². The first-order chi connectivity index (χ1) is 13.2. The van der Waals surface area contributed by atoms with E-state index in [0.717, 1.165) is 22.5 Å². The van der Waals surface area contributed by atoms with Gasteiger partial charge in [0.2, 0.25) is 0 Å². The van der Waals surface area contributed by atoms with Crippen molar-refractivity contribution in [2.75, 3.05) is 0 Å². The minimum Gasteiger partial charge on any atom is -0.476 e. The lowest BCUT2D eigenvalue weighted by molar-refractivity contribution is 0.0688. The fourth-order valence-electron chi connectivity index (χ4n) is 2.92. The second kappa shape index (κ2) is 7.78. The second-order valence-corrected chi connectivity index (χ2v) is 8.28. The van der Waals surface area contributed by atoms with E-state index in [0.29, 0.717) is 17.1 Å². The first-order valence-corrected chi connectivity index (χ1v) is 9.47. The van der Waals surface area contributed by atoms with Crippen LogP contribution in [-0.4, -0.2) is 26.4 Å². The van der Waals surface area contributed by atoms with Crippen LogP contribution in [0.5, 0.6) is 0 Å². The molecule has 0 unspecified atom stereocenters. The van der Waals surface area contributed by atoms with Gasteiger partial charge in [-0.1, -0.05) is 41.4 Å². The lowest BCUT2D eigenvalue weighted by Gasteiger charge is -2.21. The Balaban J connectivity index is 2.24. The van der Waals surface area contributed by atoms with E-state index in [-0.39, 0.29) is 11.2 Å². The molecular weight excluding hydrogens is 374 g/mol. The Hall–Kier alpha value is -2.63. The molecule has 6 heteroatoms. The standard InChI is InChI=1S/C22H24ClN3O2/c1-14-5-7-15(8-6-14)20-18(13-24-22(2,3)4)19(21(27)28)25-26(20)17-11-9-16(23)10-12-17/h5-12,24H,13H2,1-4H3,(H,27,28). The lowest BCUT2D eigenvalue weighted by atomic mass is 10.0. The van der Waals surface area contributed by atoms with Gasteiger partial charge in [0.05, 0.1) is 11.4 Å². The molecule has 0 spiro atoms. The third-order valence-corrected chi connectivity index (χ3v) is 4.63. The molecule has 3 aromatic rings. The van der Waals surface area contributed by atoms with E-state index in [1.54, 1.807) is 16.8 Å². The highest BCUT2D eigenvalue weighted by Gasteiger charge is 2.25. The third kappa shape index (κ3) is 4.43. The monoisotopic (exact) mass is 397 g/mol. The summed E-state index contributed by atoms with van der Waals surface area (Å²) in [6, 6.07) is 15.2. The summed E-state index contributed by atoms with van der Waals surface area (Å²) >= 11 is 6.03. The molecule has 0 saturated carbocycles. The van der Waals surface area contributed by atoms with Gasteiger partial charge in [0.25, 0.3) is 0 Å². The topological polar surface area (TPSA) is 67.2 Å². The minimum absolute atomic E-state index is 0.0438. The number of aryl methyl sites for hydroxylation is 1. The Labute approximate surface area is 170 Å². The summed E-state index contributed by atoms with van der Waals surface area (Å²) in [5.74, 6) is -1.05. The number of nitrogens with zero attached hydrogens (tertiary/aromatic N) is 2. The van der Waals surface area contributed by atoms with E-state index in [1.807, 2.05) is 64.1 Å². The molecule has 28 heavy (non-hydrogen) atoms. The fourth-order valence-corrected chi connectivity index (χ4v) is 3.05. The molecule has 146 valence electrons. The Morgan fingerprint density at radius 1 is 1.11 bits per heavy atom. The molecule has 3 rings (SSSR count). The largest absolute Gasteiger partial charge is 0.476 e. The van der Waals surface area contributed by atoms with Crippen molar-refractivity contribution >= 4 is 17.6 Å². The van der Waals surface area contributed by atoms with E-state index >= 15 is 0 Å². The van der Waals surface area contributed by atoms with Gasteiger partial charge in [-0.25, -0.2) is 9.48 Å². The highest BCUT2D eigenvalue weighted by molar-refractivity contribution is 6.30. The summed E-state index contributed by atoms with van der Waals surface area (Å²) in [5, 5.41) is 18.2. The maximum Gasteiger partial charge on any atom is 0.356 e. The highest BCUT2D eigenvalue weighted by atomic mass is 35.5. The maximum atomic E-state index is 12.0. The average Bonchev–Trinajstić information content (AvgIpc) is 3.00. The number of aromatic carboxylic acids is 1. The highest BCUT2D eigenvalue weighted by Crippen LogP contribution is 2.30. The lowest BCUT2D eigenvalue weighted by Crippen LogP contribution is -2.35. The van der Waals surface area contributed by atoms with Crippen LogP contribution >= 0.6 is 11.6 Å². The van der Waals surface area contributed by atoms with Crippen LogP contribution in [0.15, 0.2) is 48.5 Å². The molecule has 0 radical (unpaired) electrons. The van der Waals surface area contributed by atoms with Gasteiger partial charge in [-0.2, -0.15) is 5.10 Å². The van der Waals surface area contributed by atoms with Gasteiger partial charge in [-0.15, -0.1) is 0 Å². The van der Waals surface area contributed by atoms with Gasteiger partial charge in [-0.05, 0) is 52.0 Å². The van der Waals surface area contributed by atoms with Crippen LogP contribution in [0, 0.1) is 6.92 Å². The van der Waals surface area contributed by atoms with Crippen LogP contribution in [0.1, 0.15) is 42.4 Å². The van der Waals surface area contributed by atoms with E-state index in [9.17, 15) is 9.90 Å². The van der Waals surface area contributed by atoms with Crippen LogP contribution in [0.2, 0.25) is 5.02 Å². The molecule has 0 aliphatic heterocycles. The first-order valence-electron chi connectivity index (χ1n) is 9.09. The number of halogens is 1. The van der Waals surface area contributed by atoms with Crippen molar-refractivity contribution in [2.45, 2.75) is 39.8 Å². The number of rotatable bonds is 5. The van der Waals surface area contributed by atoms with Crippen LogP contribution < -0.4 is 5.32 Å². The third-order valence-electron chi connectivity index (χ3n) is 4.38. The van der Waals surface area contributed by atoms with E-state index < -0.39 is 5.97 Å². The van der Waals surface area contributed by atoms with Gasteiger partial charge in [0.15, 0.2) is 5.69 Å². The van der Waals surface area contributed by atoms with Crippen molar-refractivity contribution in [1.82, 2.24) is 15.1 Å². The SMILES string of the molecule is Cc1ccc(-c2c(CNC(C)(C)C)c(C(=O)O)nn2-c2ccc(Cl)cc2)cc1. The second-order valence-electron chi connectivity index (χ2n) is 7.84. The van der Waals surface area contributed by atoms with Crippen molar-refractivity contribution < 1.29 is 9.90 Å². The molecule has 0 aliphatic rings. The zero-order valence-corrected chi connectivity index (χ0v) is 17.2. The smallest absolute Gasteiger partial charge is 0.356 e. The molecule has 0 saturated heterocycles. The van der Waals surface area contributed by atoms with Crippen molar-refractivity contribution in [2.24, 2.45) is 0 Å². The van der Waals surface area contributed by atoms with Crippen molar-refractivity contribution in [1.29, 1.82) is 0 Å². The molecule has 5 nitrogen and oxygen atoms in total. The molecule has 2 aromatic carbocycles. The van der Waals surface area contributed by atoms with Crippen molar-refractivity contribution in [3.05, 3.63) is 70.4 Å². The van der Waals surface area contributed by atoms with Gasteiger partial charge in [0.1, 0.15) is 0 Å².